The fourth-order valence-corrected chi connectivity index (χ4v) is 1.09. The third kappa shape index (κ3) is 1.79. The normalized spacial score (nSPS) is 11.4. The second kappa shape index (κ2) is 3.73. The topological polar surface area (TPSA) is 115 Å². The van der Waals surface area contributed by atoms with Crippen molar-refractivity contribution >= 4 is 18.1 Å². The molecule has 0 atom stereocenters. The van der Waals surface area contributed by atoms with Crippen molar-refractivity contribution in [2.75, 3.05) is 0 Å². The molecule has 1 aromatic rings. The zero-order valence-electron chi connectivity index (χ0n) is 7.53. The van der Waals surface area contributed by atoms with Gasteiger partial charge in [-0.25, -0.2) is 9.79 Å². The average molecular weight is 194 g/mol. The van der Waals surface area contributed by atoms with Gasteiger partial charge in [-0.2, -0.15) is 0 Å². The first kappa shape index (κ1) is 9.97. The Morgan fingerprint density at radius 1 is 1.79 bits per heavy atom. The van der Waals surface area contributed by atoms with Crippen LogP contribution >= 0.6 is 0 Å². The smallest absolute Gasteiger partial charge is 0.338 e. The van der Waals surface area contributed by atoms with Crippen molar-refractivity contribution in [1.82, 2.24) is 4.98 Å². The number of aryl methyl sites for hydroxylation is 1. The molecule has 5 N–H and O–H groups in total. The molecule has 0 unspecified atom stereocenters. The number of aliphatic imine (C=N–C) groups is 1. The Bertz CT molecular complexity index is 405. The zero-order valence-corrected chi connectivity index (χ0v) is 7.53. The fraction of sp³-hybridized carbons (Fsp3) is 0.125. The standard InChI is InChI=1S/C8H10N4O2/c1-4-2-5(8(13)14)6(12-4)7(10)11-3-9/h2-3,12H,1H3,(H,13,14)(H3,9,10,11). The molecule has 1 aromatic heterocycles. The highest BCUT2D eigenvalue weighted by Crippen LogP contribution is 2.09. The van der Waals surface area contributed by atoms with Gasteiger partial charge in [0.2, 0.25) is 0 Å². The van der Waals surface area contributed by atoms with Gasteiger partial charge in [-0.3, -0.25) is 5.41 Å². The van der Waals surface area contributed by atoms with Crippen LogP contribution in [-0.4, -0.2) is 28.2 Å². The van der Waals surface area contributed by atoms with Crippen LogP contribution in [0.25, 0.3) is 0 Å². The summed E-state index contributed by atoms with van der Waals surface area (Å²) in [5, 5.41) is 15.5. The number of hydrogen-bond donors (Lipinski definition) is 4. The molecular weight excluding hydrogens is 184 g/mol. The number of nitrogens with one attached hydrogen (secondary N) is 2. The number of nitrogens with zero attached hydrogens (tertiary/aromatic N) is 1. The highest BCUT2D eigenvalue weighted by Gasteiger charge is 2.15. The molecule has 0 aliphatic heterocycles. The molecule has 0 fully saturated rings. The van der Waals surface area contributed by atoms with Crippen molar-refractivity contribution in [2.45, 2.75) is 6.92 Å². The van der Waals surface area contributed by atoms with Crippen LogP contribution in [0.3, 0.4) is 0 Å². The summed E-state index contributed by atoms with van der Waals surface area (Å²) in [6.45, 7) is 1.72. The molecule has 74 valence electrons. The number of aromatic carboxylic acids is 1. The minimum atomic E-state index is -1.08. The van der Waals surface area contributed by atoms with Crippen LogP contribution in [0.1, 0.15) is 21.7 Å². The molecule has 0 radical (unpaired) electrons. The van der Waals surface area contributed by atoms with E-state index in [9.17, 15) is 4.79 Å². The number of hydrogen-bond acceptors (Lipinski definition) is 2. The van der Waals surface area contributed by atoms with E-state index in [1.165, 1.54) is 6.07 Å². The second-order valence-electron chi connectivity index (χ2n) is 2.69. The van der Waals surface area contributed by atoms with Crippen LogP contribution in [0.2, 0.25) is 0 Å². The van der Waals surface area contributed by atoms with Gasteiger partial charge in [-0.1, -0.05) is 0 Å². The van der Waals surface area contributed by atoms with E-state index >= 15 is 0 Å². The lowest BCUT2D eigenvalue weighted by Crippen LogP contribution is -2.17. The SMILES string of the molecule is Cc1cc(C(=O)O)c(C(N)=NC=N)[nH]1. The fourth-order valence-electron chi connectivity index (χ4n) is 1.09. The van der Waals surface area contributed by atoms with Crippen LogP contribution < -0.4 is 5.73 Å². The van der Waals surface area contributed by atoms with Crippen LogP contribution in [-0.2, 0) is 0 Å². The van der Waals surface area contributed by atoms with Crippen molar-refractivity contribution in [3.8, 4) is 0 Å². The lowest BCUT2D eigenvalue weighted by Gasteiger charge is -1.97. The summed E-state index contributed by atoms with van der Waals surface area (Å²) in [6.07, 6.45) is 0.761. The van der Waals surface area contributed by atoms with E-state index in [1.807, 2.05) is 0 Å². The van der Waals surface area contributed by atoms with E-state index in [4.69, 9.17) is 16.2 Å². The Morgan fingerprint density at radius 2 is 2.43 bits per heavy atom. The second-order valence-corrected chi connectivity index (χ2v) is 2.69. The number of rotatable bonds is 3. The number of amidine groups is 1. The number of nitrogens with two attached hydrogens (primary N) is 1. The monoisotopic (exact) mass is 194 g/mol. The summed E-state index contributed by atoms with van der Waals surface area (Å²) in [5.41, 5.74) is 6.44. The van der Waals surface area contributed by atoms with Crippen molar-refractivity contribution in [1.29, 1.82) is 5.41 Å². The first-order valence-electron chi connectivity index (χ1n) is 3.81. The Kier molecular flexibility index (Phi) is 2.66. The molecular formula is C8H10N4O2. The lowest BCUT2D eigenvalue weighted by molar-refractivity contribution is 0.0697. The predicted molar refractivity (Wildman–Crippen MR) is 52.0 cm³/mol. The number of carboxylic acid groups (broad SMARTS) is 1. The lowest BCUT2D eigenvalue weighted by atomic mass is 10.2. The molecule has 0 saturated carbocycles. The molecule has 0 aromatic carbocycles. The zero-order chi connectivity index (χ0) is 10.7. The molecule has 1 rings (SSSR count). The van der Waals surface area contributed by atoms with Crippen LogP contribution in [0.5, 0.6) is 0 Å². The number of aromatic nitrogens is 1. The van der Waals surface area contributed by atoms with Gasteiger partial charge >= 0.3 is 5.97 Å². The van der Waals surface area contributed by atoms with Gasteiger partial charge in [0, 0.05) is 5.69 Å². The minimum absolute atomic E-state index is 0.00880. The molecule has 0 spiro atoms. The highest BCUT2D eigenvalue weighted by molar-refractivity contribution is 6.07. The quantitative estimate of drug-likeness (QED) is 0.410. The summed E-state index contributed by atoms with van der Waals surface area (Å²) in [5.74, 6) is -1.09. The van der Waals surface area contributed by atoms with E-state index in [1.54, 1.807) is 6.92 Å². The minimum Gasteiger partial charge on any atom is -0.478 e. The van der Waals surface area contributed by atoms with Gasteiger partial charge in [0.25, 0.3) is 0 Å². The van der Waals surface area contributed by atoms with Gasteiger partial charge < -0.3 is 15.8 Å². The summed E-state index contributed by atoms with van der Waals surface area (Å²) in [7, 11) is 0. The van der Waals surface area contributed by atoms with Crippen LogP contribution in [0, 0.1) is 12.3 Å². The first-order valence-corrected chi connectivity index (χ1v) is 3.81. The highest BCUT2D eigenvalue weighted by atomic mass is 16.4. The predicted octanol–water partition coefficient (Wildman–Crippen LogP) is 0.334. The van der Waals surface area contributed by atoms with E-state index < -0.39 is 5.97 Å². The summed E-state index contributed by atoms with van der Waals surface area (Å²) in [6, 6.07) is 1.46. The van der Waals surface area contributed by atoms with E-state index in [2.05, 4.69) is 9.98 Å². The van der Waals surface area contributed by atoms with Gasteiger partial charge in [0.1, 0.15) is 12.2 Å². The Labute approximate surface area is 80.0 Å². The molecule has 0 saturated heterocycles. The van der Waals surface area contributed by atoms with Crippen LogP contribution in [0.4, 0.5) is 0 Å². The molecule has 6 heteroatoms. The van der Waals surface area contributed by atoms with E-state index in [-0.39, 0.29) is 17.1 Å². The molecule has 14 heavy (non-hydrogen) atoms. The number of aromatic amines is 1. The molecule has 1 heterocycles. The Morgan fingerprint density at radius 3 is 2.93 bits per heavy atom. The number of carboxylic acids is 1. The third-order valence-electron chi connectivity index (χ3n) is 1.64. The van der Waals surface area contributed by atoms with Gasteiger partial charge in [-0.05, 0) is 13.0 Å². The van der Waals surface area contributed by atoms with E-state index in [0.29, 0.717) is 5.69 Å². The molecule has 0 aliphatic rings. The van der Waals surface area contributed by atoms with Crippen LogP contribution in [0.15, 0.2) is 11.1 Å². The number of H-pyrrole nitrogens is 1. The Hall–Kier alpha value is -2.11. The maximum absolute atomic E-state index is 10.8. The van der Waals surface area contributed by atoms with Crippen molar-refractivity contribution in [2.24, 2.45) is 10.7 Å². The molecule has 6 nitrogen and oxygen atoms in total. The van der Waals surface area contributed by atoms with E-state index in [0.717, 1.165) is 6.34 Å². The summed E-state index contributed by atoms with van der Waals surface area (Å²) in [4.78, 5) is 17.0. The number of carbonyl (C=O) groups is 1. The summed E-state index contributed by atoms with van der Waals surface area (Å²) < 4.78 is 0. The summed E-state index contributed by atoms with van der Waals surface area (Å²) >= 11 is 0. The van der Waals surface area contributed by atoms with Crippen molar-refractivity contribution < 1.29 is 9.90 Å². The van der Waals surface area contributed by atoms with Gasteiger partial charge in [0.05, 0.1) is 11.3 Å². The maximum atomic E-state index is 10.8. The maximum Gasteiger partial charge on any atom is 0.338 e. The largest absolute Gasteiger partial charge is 0.478 e. The molecule has 0 aliphatic carbocycles. The first-order chi connectivity index (χ1) is 6.56. The van der Waals surface area contributed by atoms with Crippen molar-refractivity contribution in [3.63, 3.8) is 0 Å². The Balaban J connectivity index is 3.26. The van der Waals surface area contributed by atoms with Gasteiger partial charge in [0.15, 0.2) is 0 Å². The average Bonchev–Trinajstić information content (AvgIpc) is 2.48. The molecule has 0 bridgehead atoms. The molecule has 0 amide bonds. The van der Waals surface area contributed by atoms with Crippen molar-refractivity contribution in [3.05, 3.63) is 23.0 Å². The third-order valence-corrected chi connectivity index (χ3v) is 1.64. The van der Waals surface area contributed by atoms with Gasteiger partial charge in [-0.15, -0.1) is 0 Å².